The van der Waals surface area contributed by atoms with E-state index in [2.05, 4.69) is 0 Å². The van der Waals surface area contributed by atoms with Gasteiger partial charge in [0.15, 0.2) is 0 Å². The molecule has 0 saturated carbocycles. The molecular formula is C16H17NO2. The van der Waals surface area contributed by atoms with E-state index in [0.29, 0.717) is 0 Å². The molecule has 2 aromatic carbocycles. The van der Waals surface area contributed by atoms with E-state index < -0.39 is 0 Å². The highest BCUT2D eigenvalue weighted by Crippen LogP contribution is 2.16. The molecule has 2 aromatic rings. The molecule has 0 spiro atoms. The molecule has 0 aliphatic heterocycles. The number of anilines is 1. The van der Waals surface area contributed by atoms with Gasteiger partial charge in [-0.1, -0.05) is 29.8 Å². The summed E-state index contributed by atoms with van der Waals surface area (Å²) < 4.78 is 0. The second kappa shape index (κ2) is 5.57. The molecule has 2 rings (SSSR count). The number of amides is 1. The van der Waals surface area contributed by atoms with E-state index in [9.17, 15) is 9.90 Å². The van der Waals surface area contributed by atoms with Gasteiger partial charge in [0, 0.05) is 12.7 Å². The van der Waals surface area contributed by atoms with Crippen LogP contribution in [0.25, 0.3) is 0 Å². The van der Waals surface area contributed by atoms with Crippen LogP contribution < -0.4 is 4.90 Å². The van der Waals surface area contributed by atoms with E-state index in [-0.39, 0.29) is 18.1 Å². The van der Waals surface area contributed by atoms with Crippen LogP contribution >= 0.6 is 0 Å². The predicted molar refractivity (Wildman–Crippen MR) is 76.4 cm³/mol. The van der Waals surface area contributed by atoms with Crippen LogP contribution in [-0.2, 0) is 11.2 Å². The third-order valence-electron chi connectivity index (χ3n) is 3.06. The van der Waals surface area contributed by atoms with Crippen molar-refractivity contribution in [1.82, 2.24) is 0 Å². The zero-order valence-corrected chi connectivity index (χ0v) is 11.1. The molecule has 0 radical (unpaired) electrons. The van der Waals surface area contributed by atoms with Gasteiger partial charge in [-0.25, -0.2) is 0 Å². The molecule has 19 heavy (non-hydrogen) atoms. The zero-order chi connectivity index (χ0) is 13.8. The van der Waals surface area contributed by atoms with Gasteiger partial charge in [-0.3, -0.25) is 4.79 Å². The summed E-state index contributed by atoms with van der Waals surface area (Å²) in [6.45, 7) is 2.01. The summed E-state index contributed by atoms with van der Waals surface area (Å²) in [5, 5.41) is 9.39. The first kappa shape index (κ1) is 13.1. The van der Waals surface area contributed by atoms with Crippen molar-refractivity contribution in [1.29, 1.82) is 0 Å². The van der Waals surface area contributed by atoms with Crippen molar-refractivity contribution in [3.8, 4) is 5.75 Å². The van der Waals surface area contributed by atoms with Crippen molar-refractivity contribution in [2.24, 2.45) is 0 Å². The fourth-order valence-corrected chi connectivity index (χ4v) is 1.87. The molecule has 0 aliphatic carbocycles. The van der Waals surface area contributed by atoms with Gasteiger partial charge >= 0.3 is 0 Å². The first-order valence-electron chi connectivity index (χ1n) is 6.17. The molecule has 1 amide bonds. The summed E-state index contributed by atoms with van der Waals surface area (Å²) in [6.07, 6.45) is 0.277. The molecule has 0 saturated heterocycles. The summed E-state index contributed by atoms with van der Waals surface area (Å²) >= 11 is 0. The van der Waals surface area contributed by atoms with Crippen LogP contribution in [0.2, 0.25) is 0 Å². The third kappa shape index (κ3) is 3.35. The topological polar surface area (TPSA) is 40.5 Å². The molecule has 0 bridgehead atoms. The summed E-state index contributed by atoms with van der Waals surface area (Å²) in [4.78, 5) is 13.8. The van der Waals surface area contributed by atoms with Gasteiger partial charge in [-0.2, -0.15) is 0 Å². The molecule has 0 aromatic heterocycles. The van der Waals surface area contributed by atoms with E-state index in [1.165, 1.54) is 0 Å². The zero-order valence-electron chi connectivity index (χ0n) is 11.1. The number of benzene rings is 2. The Morgan fingerprint density at radius 2 is 1.84 bits per heavy atom. The number of aryl methyl sites for hydroxylation is 1. The van der Waals surface area contributed by atoms with Gasteiger partial charge in [-0.15, -0.1) is 0 Å². The van der Waals surface area contributed by atoms with Crippen LogP contribution in [0.3, 0.4) is 0 Å². The smallest absolute Gasteiger partial charge is 0.231 e. The number of carbonyl (C=O) groups is 1. The van der Waals surface area contributed by atoms with Gasteiger partial charge in [0.2, 0.25) is 5.91 Å². The number of carbonyl (C=O) groups excluding carboxylic acids is 1. The largest absolute Gasteiger partial charge is 0.508 e. The van der Waals surface area contributed by atoms with Crippen LogP contribution in [0.4, 0.5) is 5.69 Å². The predicted octanol–water partition coefficient (Wildman–Crippen LogP) is 2.91. The van der Waals surface area contributed by atoms with Crippen molar-refractivity contribution in [2.45, 2.75) is 13.3 Å². The highest BCUT2D eigenvalue weighted by molar-refractivity contribution is 5.94. The lowest BCUT2D eigenvalue weighted by Crippen LogP contribution is -2.27. The van der Waals surface area contributed by atoms with E-state index in [1.54, 1.807) is 30.1 Å². The van der Waals surface area contributed by atoms with E-state index in [4.69, 9.17) is 0 Å². The standard InChI is InChI=1S/C16H17NO2/c1-12-6-8-14(9-7-12)17(2)16(19)11-13-4-3-5-15(18)10-13/h3-10,18H,11H2,1-2H3. The molecular weight excluding hydrogens is 238 g/mol. The Bertz CT molecular complexity index is 576. The van der Waals surface area contributed by atoms with Gasteiger partial charge < -0.3 is 10.0 Å². The molecule has 98 valence electrons. The monoisotopic (exact) mass is 255 g/mol. The first-order valence-corrected chi connectivity index (χ1v) is 6.17. The minimum atomic E-state index is -0.00514. The molecule has 3 nitrogen and oxygen atoms in total. The third-order valence-corrected chi connectivity index (χ3v) is 3.06. The summed E-state index contributed by atoms with van der Waals surface area (Å²) in [5.41, 5.74) is 2.84. The molecule has 0 aliphatic rings. The van der Waals surface area contributed by atoms with Gasteiger partial charge in [0.1, 0.15) is 5.75 Å². The highest BCUT2D eigenvalue weighted by Gasteiger charge is 2.11. The van der Waals surface area contributed by atoms with E-state index in [1.807, 2.05) is 37.3 Å². The Morgan fingerprint density at radius 1 is 1.16 bits per heavy atom. The molecule has 0 fully saturated rings. The Kier molecular flexibility index (Phi) is 3.85. The minimum absolute atomic E-state index is 0.00514. The minimum Gasteiger partial charge on any atom is -0.508 e. The molecule has 0 atom stereocenters. The maximum atomic E-state index is 12.2. The number of hydrogen-bond acceptors (Lipinski definition) is 2. The van der Waals surface area contributed by atoms with Crippen molar-refractivity contribution in [3.63, 3.8) is 0 Å². The Labute approximate surface area is 113 Å². The maximum absolute atomic E-state index is 12.2. The number of rotatable bonds is 3. The quantitative estimate of drug-likeness (QED) is 0.916. The Hall–Kier alpha value is -2.29. The number of hydrogen-bond donors (Lipinski definition) is 1. The number of nitrogens with zero attached hydrogens (tertiary/aromatic N) is 1. The summed E-state index contributed by atoms with van der Waals surface area (Å²) in [6, 6.07) is 14.6. The number of phenols is 1. The average molecular weight is 255 g/mol. The lowest BCUT2D eigenvalue weighted by atomic mass is 10.1. The van der Waals surface area contributed by atoms with Gasteiger partial charge in [-0.05, 0) is 36.8 Å². The van der Waals surface area contributed by atoms with Crippen molar-refractivity contribution < 1.29 is 9.90 Å². The molecule has 1 N–H and O–H groups in total. The Morgan fingerprint density at radius 3 is 2.47 bits per heavy atom. The second-order valence-corrected chi connectivity index (χ2v) is 4.63. The van der Waals surface area contributed by atoms with E-state index in [0.717, 1.165) is 16.8 Å². The average Bonchev–Trinajstić information content (AvgIpc) is 2.39. The number of phenolic OH excluding ortho intramolecular Hbond substituents is 1. The van der Waals surface area contributed by atoms with Crippen molar-refractivity contribution in [3.05, 3.63) is 59.7 Å². The fraction of sp³-hybridized carbons (Fsp3) is 0.188. The van der Waals surface area contributed by atoms with Gasteiger partial charge in [0.05, 0.1) is 6.42 Å². The molecule has 0 heterocycles. The highest BCUT2D eigenvalue weighted by atomic mass is 16.3. The normalized spacial score (nSPS) is 10.2. The lowest BCUT2D eigenvalue weighted by molar-refractivity contribution is -0.117. The first-order chi connectivity index (χ1) is 9.06. The number of likely N-dealkylation sites (N-methyl/N-ethyl adjacent to an activating group) is 1. The maximum Gasteiger partial charge on any atom is 0.231 e. The summed E-state index contributed by atoms with van der Waals surface area (Å²) in [7, 11) is 1.76. The fourth-order valence-electron chi connectivity index (χ4n) is 1.87. The summed E-state index contributed by atoms with van der Waals surface area (Å²) in [5.74, 6) is 0.178. The molecule has 3 heteroatoms. The van der Waals surface area contributed by atoms with Crippen LogP contribution in [0.15, 0.2) is 48.5 Å². The van der Waals surface area contributed by atoms with Crippen LogP contribution in [-0.4, -0.2) is 18.1 Å². The van der Waals surface area contributed by atoms with Gasteiger partial charge in [0.25, 0.3) is 0 Å². The van der Waals surface area contributed by atoms with Crippen molar-refractivity contribution in [2.75, 3.05) is 11.9 Å². The van der Waals surface area contributed by atoms with Crippen LogP contribution in [0.5, 0.6) is 5.75 Å². The van der Waals surface area contributed by atoms with Crippen LogP contribution in [0, 0.1) is 6.92 Å². The second-order valence-electron chi connectivity index (χ2n) is 4.63. The van der Waals surface area contributed by atoms with Crippen LogP contribution in [0.1, 0.15) is 11.1 Å². The lowest BCUT2D eigenvalue weighted by Gasteiger charge is -2.17. The van der Waals surface area contributed by atoms with Crippen molar-refractivity contribution >= 4 is 11.6 Å². The molecule has 0 unspecified atom stereocenters. The number of aromatic hydroxyl groups is 1. The Balaban J connectivity index is 2.09. The SMILES string of the molecule is Cc1ccc(N(C)C(=O)Cc2cccc(O)c2)cc1. The van der Waals surface area contributed by atoms with E-state index >= 15 is 0 Å².